The van der Waals surface area contributed by atoms with E-state index in [1.165, 1.54) is 0 Å². The fraction of sp³-hybridized carbons (Fsp3) is 1.00. The van der Waals surface area contributed by atoms with Crippen LogP contribution in [0.4, 0.5) is 8.78 Å². The van der Waals surface area contributed by atoms with Crippen molar-refractivity contribution in [2.24, 2.45) is 5.92 Å². The maximum atomic E-state index is 12.7. The van der Waals surface area contributed by atoms with Crippen LogP contribution in [0, 0.1) is 5.92 Å². The second-order valence-corrected chi connectivity index (χ2v) is 5.54. The molecule has 5 heteroatoms. The average molecular weight is 247 g/mol. The minimum absolute atomic E-state index is 0.0711. The maximum absolute atomic E-state index is 12.7. The first-order chi connectivity index (χ1) is 8.07. The van der Waals surface area contributed by atoms with E-state index in [2.05, 4.69) is 4.90 Å². The zero-order valence-electron chi connectivity index (χ0n) is 9.96. The normalized spacial score (nSPS) is 32.8. The van der Waals surface area contributed by atoms with E-state index < -0.39 is 5.92 Å². The summed E-state index contributed by atoms with van der Waals surface area (Å²) in [6.45, 7) is 4.00. The molecule has 3 fully saturated rings. The number of nitrogens with zero attached hydrogens (tertiary/aromatic N) is 1. The van der Waals surface area contributed by atoms with Crippen molar-refractivity contribution in [2.75, 3.05) is 32.8 Å². The van der Waals surface area contributed by atoms with Gasteiger partial charge in [-0.05, 0) is 5.92 Å². The zero-order valence-corrected chi connectivity index (χ0v) is 9.96. The largest absolute Gasteiger partial charge is 0.347 e. The third-order valence-corrected chi connectivity index (χ3v) is 4.12. The molecule has 0 atom stereocenters. The number of likely N-dealkylation sites (tertiary alicyclic amines) is 1. The van der Waals surface area contributed by atoms with Crippen LogP contribution in [0.2, 0.25) is 0 Å². The van der Waals surface area contributed by atoms with Crippen LogP contribution < -0.4 is 0 Å². The minimum atomic E-state index is -2.39. The Hall–Kier alpha value is -0.260. The molecule has 3 nitrogen and oxygen atoms in total. The van der Waals surface area contributed by atoms with Crippen molar-refractivity contribution in [3.05, 3.63) is 0 Å². The first-order valence-electron chi connectivity index (χ1n) is 6.45. The molecule has 0 bridgehead atoms. The van der Waals surface area contributed by atoms with Gasteiger partial charge in [-0.2, -0.15) is 0 Å². The Morgan fingerprint density at radius 1 is 1.06 bits per heavy atom. The molecule has 0 radical (unpaired) electrons. The fourth-order valence-electron chi connectivity index (χ4n) is 3.14. The molecule has 0 aromatic rings. The summed E-state index contributed by atoms with van der Waals surface area (Å²) in [6.07, 6.45) is 1.88. The van der Waals surface area contributed by atoms with Crippen LogP contribution >= 0.6 is 0 Å². The van der Waals surface area contributed by atoms with Crippen LogP contribution in [0.3, 0.4) is 0 Å². The number of hydrogen-bond acceptors (Lipinski definition) is 3. The summed E-state index contributed by atoms with van der Waals surface area (Å²) < 4.78 is 36.7. The molecule has 3 aliphatic rings. The van der Waals surface area contributed by atoms with Crippen LogP contribution in [0.15, 0.2) is 0 Å². The van der Waals surface area contributed by atoms with Crippen molar-refractivity contribution in [3.8, 4) is 0 Å². The first kappa shape index (κ1) is 11.8. The van der Waals surface area contributed by atoms with E-state index in [0.717, 1.165) is 32.5 Å². The molecule has 2 heterocycles. The van der Waals surface area contributed by atoms with E-state index in [4.69, 9.17) is 9.47 Å². The highest BCUT2D eigenvalue weighted by Gasteiger charge is 2.46. The molecule has 1 aliphatic carbocycles. The lowest BCUT2D eigenvalue weighted by Gasteiger charge is -2.42. The monoisotopic (exact) mass is 247 g/mol. The first-order valence-corrected chi connectivity index (χ1v) is 6.45. The number of halogens is 2. The van der Waals surface area contributed by atoms with E-state index in [1.54, 1.807) is 0 Å². The predicted molar refractivity (Wildman–Crippen MR) is 58.0 cm³/mol. The second kappa shape index (κ2) is 4.14. The van der Waals surface area contributed by atoms with E-state index in [1.807, 2.05) is 0 Å². The van der Waals surface area contributed by atoms with E-state index >= 15 is 0 Å². The molecule has 0 aromatic carbocycles. The summed E-state index contributed by atoms with van der Waals surface area (Å²) >= 11 is 0. The Labute approximate surface area is 100 Å². The highest BCUT2D eigenvalue weighted by Crippen LogP contribution is 2.43. The summed E-state index contributed by atoms with van der Waals surface area (Å²) in [5.41, 5.74) is 0. The van der Waals surface area contributed by atoms with Gasteiger partial charge in [-0.3, -0.25) is 0 Å². The molecular weight excluding hydrogens is 228 g/mol. The number of alkyl halides is 2. The second-order valence-electron chi connectivity index (χ2n) is 5.54. The Morgan fingerprint density at radius 2 is 1.65 bits per heavy atom. The van der Waals surface area contributed by atoms with Gasteiger partial charge < -0.3 is 14.4 Å². The van der Waals surface area contributed by atoms with Gasteiger partial charge >= 0.3 is 0 Å². The summed E-state index contributed by atoms with van der Waals surface area (Å²) in [6, 6.07) is 0. The molecule has 2 aliphatic heterocycles. The molecule has 0 amide bonds. The van der Waals surface area contributed by atoms with Crippen LogP contribution in [-0.2, 0) is 9.47 Å². The van der Waals surface area contributed by atoms with Crippen molar-refractivity contribution >= 4 is 0 Å². The molecular formula is C12H19F2NO2. The lowest BCUT2D eigenvalue weighted by Crippen LogP contribution is -2.49. The molecule has 98 valence electrons. The molecule has 1 spiro atoms. The summed E-state index contributed by atoms with van der Waals surface area (Å²) in [7, 11) is 0. The lowest BCUT2D eigenvalue weighted by atomic mass is 9.80. The quantitative estimate of drug-likeness (QED) is 0.743. The minimum Gasteiger partial charge on any atom is -0.347 e. The van der Waals surface area contributed by atoms with Crippen molar-refractivity contribution in [2.45, 2.75) is 37.4 Å². The smallest absolute Gasteiger partial charge is 0.248 e. The number of hydrogen-bond donors (Lipinski definition) is 0. The Bertz CT molecular complexity index is 274. The summed E-state index contributed by atoms with van der Waals surface area (Å²) in [4.78, 5) is 2.27. The molecule has 2 saturated heterocycles. The fourth-order valence-corrected chi connectivity index (χ4v) is 3.14. The highest BCUT2D eigenvalue weighted by molar-refractivity contribution is 4.90. The Kier molecular flexibility index (Phi) is 2.88. The third kappa shape index (κ3) is 2.46. The Morgan fingerprint density at radius 3 is 2.18 bits per heavy atom. The van der Waals surface area contributed by atoms with Gasteiger partial charge in [0.25, 0.3) is 0 Å². The summed E-state index contributed by atoms with van der Waals surface area (Å²) in [5.74, 6) is -2.55. The van der Waals surface area contributed by atoms with Gasteiger partial charge in [0.05, 0.1) is 13.2 Å². The maximum Gasteiger partial charge on any atom is 0.248 e. The zero-order chi connectivity index (χ0) is 11.9. The topological polar surface area (TPSA) is 21.7 Å². The van der Waals surface area contributed by atoms with Gasteiger partial charge in [-0.25, -0.2) is 8.78 Å². The molecule has 1 saturated carbocycles. The van der Waals surface area contributed by atoms with E-state index in [9.17, 15) is 8.78 Å². The average Bonchev–Trinajstić information content (AvgIpc) is 2.68. The van der Waals surface area contributed by atoms with Gasteiger partial charge in [0.1, 0.15) is 0 Å². The molecule has 0 aromatic heterocycles. The van der Waals surface area contributed by atoms with Gasteiger partial charge in [-0.1, -0.05) is 0 Å². The van der Waals surface area contributed by atoms with Crippen LogP contribution in [-0.4, -0.2) is 49.5 Å². The van der Waals surface area contributed by atoms with Crippen molar-refractivity contribution < 1.29 is 18.3 Å². The third-order valence-electron chi connectivity index (χ3n) is 4.12. The van der Waals surface area contributed by atoms with Crippen LogP contribution in [0.1, 0.15) is 25.7 Å². The van der Waals surface area contributed by atoms with Gasteiger partial charge in [0.15, 0.2) is 5.79 Å². The standard InChI is InChI=1S/C12H19F2NO2/c13-11(14)7-10(8-11)9-15-3-1-12(2-4-15)16-5-6-17-12/h10H,1-9H2. The Balaban J connectivity index is 1.43. The highest BCUT2D eigenvalue weighted by atomic mass is 19.3. The van der Waals surface area contributed by atoms with Gasteiger partial charge in [0.2, 0.25) is 5.92 Å². The lowest BCUT2D eigenvalue weighted by molar-refractivity contribution is -0.189. The molecule has 17 heavy (non-hydrogen) atoms. The van der Waals surface area contributed by atoms with Gasteiger partial charge in [0, 0.05) is 45.3 Å². The van der Waals surface area contributed by atoms with E-state index in [0.29, 0.717) is 13.2 Å². The van der Waals surface area contributed by atoms with Gasteiger partial charge in [-0.15, -0.1) is 0 Å². The molecule has 0 unspecified atom stereocenters. The number of rotatable bonds is 2. The van der Waals surface area contributed by atoms with Crippen molar-refractivity contribution in [3.63, 3.8) is 0 Å². The van der Waals surface area contributed by atoms with Crippen molar-refractivity contribution in [1.82, 2.24) is 4.90 Å². The number of piperidine rings is 1. The molecule has 0 N–H and O–H groups in total. The SMILES string of the molecule is FC1(F)CC(CN2CCC3(CC2)OCCO3)C1. The van der Waals surface area contributed by atoms with Crippen LogP contribution in [0.25, 0.3) is 0 Å². The van der Waals surface area contributed by atoms with Crippen molar-refractivity contribution in [1.29, 1.82) is 0 Å². The van der Waals surface area contributed by atoms with E-state index in [-0.39, 0.29) is 24.5 Å². The predicted octanol–water partition coefficient (Wildman–Crippen LogP) is 1.87. The van der Waals surface area contributed by atoms with Crippen LogP contribution in [0.5, 0.6) is 0 Å². The molecule has 3 rings (SSSR count). The summed E-state index contributed by atoms with van der Waals surface area (Å²) in [5, 5.41) is 0. The number of ether oxygens (including phenoxy) is 2.